The fraction of sp³-hybridized carbons (Fsp3) is 0.562. The monoisotopic (exact) mass is 311 g/mol. The fourth-order valence-electron chi connectivity index (χ4n) is 2.63. The van der Waals surface area contributed by atoms with Gasteiger partial charge in [0.1, 0.15) is 11.8 Å². The Morgan fingerprint density at radius 3 is 2.81 bits per heavy atom. The number of carboxylic acids is 1. The third-order valence-electron chi connectivity index (χ3n) is 3.76. The highest BCUT2D eigenvalue weighted by Gasteiger charge is 2.31. The van der Waals surface area contributed by atoms with Crippen LogP contribution < -0.4 is 4.74 Å². The number of likely N-dealkylation sites (tertiary alicyclic amines) is 1. The summed E-state index contributed by atoms with van der Waals surface area (Å²) in [6, 6.07) is 7.35. The fourth-order valence-corrected chi connectivity index (χ4v) is 2.95. The van der Waals surface area contributed by atoms with Gasteiger partial charge in [-0.15, -0.1) is 11.6 Å². The molecule has 0 spiro atoms. The summed E-state index contributed by atoms with van der Waals surface area (Å²) in [4.78, 5) is 13.1. The Labute approximate surface area is 130 Å². The van der Waals surface area contributed by atoms with Gasteiger partial charge in [-0.3, -0.25) is 9.69 Å². The molecule has 2 unspecified atom stereocenters. The van der Waals surface area contributed by atoms with Crippen molar-refractivity contribution in [3.8, 4) is 5.75 Å². The highest BCUT2D eigenvalue weighted by molar-refractivity contribution is 6.21. The standard InChI is InChI=1S/C16H22ClNO3/c1-2-10-21-13-7-5-12(6-8-13)14(17)11-18-9-3-4-15(18)16(19)20/h5-8,14-15H,2-4,9-11H2,1H3,(H,19,20). The first kappa shape index (κ1) is 16.1. The molecule has 0 radical (unpaired) electrons. The van der Waals surface area contributed by atoms with E-state index in [0.717, 1.165) is 30.7 Å². The second-order valence-electron chi connectivity index (χ2n) is 5.38. The van der Waals surface area contributed by atoms with E-state index in [4.69, 9.17) is 16.3 Å². The first-order valence-electron chi connectivity index (χ1n) is 7.45. The average Bonchev–Trinajstić information content (AvgIpc) is 2.94. The predicted octanol–water partition coefficient (Wildman–Crippen LogP) is 3.30. The molecule has 0 amide bonds. The maximum absolute atomic E-state index is 11.2. The zero-order valence-corrected chi connectivity index (χ0v) is 13.1. The number of halogens is 1. The highest BCUT2D eigenvalue weighted by Crippen LogP contribution is 2.27. The van der Waals surface area contributed by atoms with Crippen molar-refractivity contribution in [2.45, 2.75) is 37.6 Å². The van der Waals surface area contributed by atoms with Crippen molar-refractivity contribution in [3.05, 3.63) is 29.8 Å². The number of nitrogens with zero attached hydrogens (tertiary/aromatic N) is 1. The van der Waals surface area contributed by atoms with Gasteiger partial charge >= 0.3 is 5.97 Å². The molecule has 1 fully saturated rings. The topological polar surface area (TPSA) is 49.8 Å². The molecule has 0 saturated carbocycles. The number of hydrogen-bond acceptors (Lipinski definition) is 3. The lowest BCUT2D eigenvalue weighted by molar-refractivity contribution is -0.142. The Morgan fingerprint density at radius 1 is 1.48 bits per heavy atom. The minimum atomic E-state index is -0.750. The minimum Gasteiger partial charge on any atom is -0.494 e. The second-order valence-corrected chi connectivity index (χ2v) is 5.90. The lowest BCUT2D eigenvalue weighted by atomic mass is 10.1. The summed E-state index contributed by atoms with van der Waals surface area (Å²) in [5, 5.41) is 8.98. The lowest BCUT2D eigenvalue weighted by Crippen LogP contribution is -2.37. The molecule has 116 valence electrons. The molecular weight excluding hydrogens is 290 g/mol. The van der Waals surface area contributed by atoms with Crippen LogP contribution in [-0.4, -0.2) is 41.7 Å². The molecule has 0 aliphatic carbocycles. The van der Waals surface area contributed by atoms with E-state index in [-0.39, 0.29) is 5.38 Å². The maximum Gasteiger partial charge on any atom is 0.320 e. The van der Waals surface area contributed by atoms with Crippen LogP contribution in [0.4, 0.5) is 0 Å². The van der Waals surface area contributed by atoms with Crippen LogP contribution >= 0.6 is 11.6 Å². The molecule has 4 nitrogen and oxygen atoms in total. The van der Waals surface area contributed by atoms with Gasteiger partial charge in [0, 0.05) is 6.54 Å². The molecule has 0 bridgehead atoms. The number of benzene rings is 1. The molecule has 1 aliphatic heterocycles. The Kier molecular flexibility index (Phi) is 5.88. The van der Waals surface area contributed by atoms with Crippen molar-refractivity contribution in [1.82, 2.24) is 4.90 Å². The van der Waals surface area contributed by atoms with Gasteiger partial charge in [-0.05, 0) is 43.5 Å². The highest BCUT2D eigenvalue weighted by atomic mass is 35.5. The van der Waals surface area contributed by atoms with E-state index < -0.39 is 12.0 Å². The summed E-state index contributed by atoms with van der Waals surface area (Å²) in [7, 11) is 0. The van der Waals surface area contributed by atoms with Crippen LogP contribution in [0.15, 0.2) is 24.3 Å². The van der Waals surface area contributed by atoms with Crippen molar-refractivity contribution in [3.63, 3.8) is 0 Å². The third-order valence-corrected chi connectivity index (χ3v) is 4.15. The van der Waals surface area contributed by atoms with Crippen LogP contribution in [0.1, 0.15) is 37.1 Å². The van der Waals surface area contributed by atoms with E-state index >= 15 is 0 Å². The van der Waals surface area contributed by atoms with E-state index in [1.165, 1.54) is 0 Å². The van der Waals surface area contributed by atoms with Crippen molar-refractivity contribution >= 4 is 17.6 Å². The molecule has 1 N–H and O–H groups in total. The van der Waals surface area contributed by atoms with Crippen LogP contribution in [0, 0.1) is 0 Å². The van der Waals surface area contributed by atoms with Crippen molar-refractivity contribution in [2.75, 3.05) is 19.7 Å². The number of carboxylic acid groups (broad SMARTS) is 1. The van der Waals surface area contributed by atoms with Gasteiger partial charge in [-0.1, -0.05) is 19.1 Å². The van der Waals surface area contributed by atoms with Gasteiger partial charge in [-0.25, -0.2) is 0 Å². The quantitative estimate of drug-likeness (QED) is 0.785. The molecule has 5 heteroatoms. The van der Waals surface area contributed by atoms with Crippen LogP contribution in [0.3, 0.4) is 0 Å². The normalized spacial score (nSPS) is 20.4. The van der Waals surface area contributed by atoms with E-state index in [2.05, 4.69) is 6.92 Å². The number of carbonyl (C=O) groups is 1. The van der Waals surface area contributed by atoms with Crippen molar-refractivity contribution in [2.24, 2.45) is 0 Å². The van der Waals surface area contributed by atoms with Crippen LogP contribution in [0.5, 0.6) is 5.75 Å². The number of ether oxygens (including phenoxy) is 1. The van der Waals surface area contributed by atoms with Crippen LogP contribution in [-0.2, 0) is 4.79 Å². The van der Waals surface area contributed by atoms with Crippen LogP contribution in [0.25, 0.3) is 0 Å². The molecule has 1 aromatic rings. The van der Waals surface area contributed by atoms with Gasteiger partial charge in [0.2, 0.25) is 0 Å². The number of alkyl halides is 1. The smallest absolute Gasteiger partial charge is 0.320 e. The molecule has 1 saturated heterocycles. The summed E-state index contributed by atoms with van der Waals surface area (Å²) >= 11 is 6.44. The summed E-state index contributed by atoms with van der Waals surface area (Å²) in [6.45, 7) is 4.14. The average molecular weight is 312 g/mol. The molecule has 1 aromatic carbocycles. The van der Waals surface area contributed by atoms with Crippen molar-refractivity contribution in [1.29, 1.82) is 0 Å². The Morgan fingerprint density at radius 2 is 2.19 bits per heavy atom. The van der Waals surface area contributed by atoms with Gasteiger partial charge in [-0.2, -0.15) is 0 Å². The molecular formula is C16H22ClNO3. The van der Waals surface area contributed by atoms with Gasteiger partial charge in [0.05, 0.1) is 12.0 Å². The summed E-state index contributed by atoms with van der Waals surface area (Å²) in [5.74, 6) is 0.0914. The molecule has 0 aromatic heterocycles. The number of hydrogen-bond donors (Lipinski definition) is 1. The van der Waals surface area contributed by atoms with E-state index in [9.17, 15) is 9.90 Å². The second kappa shape index (κ2) is 7.66. The van der Waals surface area contributed by atoms with Gasteiger partial charge in [0.15, 0.2) is 0 Å². The molecule has 1 aliphatic rings. The number of rotatable bonds is 7. The van der Waals surface area contributed by atoms with E-state index in [0.29, 0.717) is 19.6 Å². The molecule has 2 atom stereocenters. The lowest BCUT2D eigenvalue weighted by Gasteiger charge is -2.23. The largest absolute Gasteiger partial charge is 0.494 e. The third kappa shape index (κ3) is 4.35. The minimum absolute atomic E-state index is 0.204. The zero-order chi connectivity index (χ0) is 15.2. The molecule has 1 heterocycles. The van der Waals surface area contributed by atoms with Crippen LogP contribution in [0.2, 0.25) is 0 Å². The first-order valence-corrected chi connectivity index (χ1v) is 7.89. The maximum atomic E-state index is 11.2. The first-order chi connectivity index (χ1) is 10.1. The Hall–Kier alpha value is -1.26. The Bertz CT molecular complexity index is 463. The van der Waals surface area contributed by atoms with Gasteiger partial charge < -0.3 is 9.84 Å². The van der Waals surface area contributed by atoms with Gasteiger partial charge in [0.25, 0.3) is 0 Å². The predicted molar refractivity (Wildman–Crippen MR) is 83.1 cm³/mol. The zero-order valence-electron chi connectivity index (χ0n) is 12.3. The van der Waals surface area contributed by atoms with E-state index in [1.54, 1.807) is 0 Å². The number of aliphatic carboxylic acids is 1. The van der Waals surface area contributed by atoms with E-state index in [1.807, 2.05) is 29.2 Å². The summed E-state index contributed by atoms with van der Waals surface area (Å²) < 4.78 is 5.54. The SMILES string of the molecule is CCCOc1ccc(C(Cl)CN2CCCC2C(=O)O)cc1. The Balaban J connectivity index is 1.93. The summed E-state index contributed by atoms with van der Waals surface area (Å²) in [6.07, 6.45) is 2.61. The molecule has 21 heavy (non-hydrogen) atoms. The molecule has 2 rings (SSSR count). The summed E-state index contributed by atoms with van der Waals surface area (Å²) in [5.41, 5.74) is 0.997. The van der Waals surface area contributed by atoms with Crippen molar-refractivity contribution < 1.29 is 14.6 Å².